The second kappa shape index (κ2) is 9.65. The van der Waals surface area contributed by atoms with Crippen LogP contribution in [0.15, 0.2) is 76.6 Å². The Morgan fingerprint density at radius 1 is 1.15 bits per heavy atom. The molecule has 0 unspecified atom stereocenters. The van der Waals surface area contributed by atoms with Crippen molar-refractivity contribution in [2.24, 2.45) is 10.7 Å². The molecule has 7 nitrogen and oxygen atoms in total. The molecular weight excluding hydrogens is 366 g/mol. The number of carbonyl (C=O) groups excluding carboxylic acids is 1. The number of hydrogen-bond donors (Lipinski definition) is 2. The summed E-state index contributed by atoms with van der Waals surface area (Å²) in [6, 6.07) is 15.8. The van der Waals surface area contributed by atoms with E-state index in [1.165, 1.54) is 12.1 Å². The van der Waals surface area contributed by atoms with Crippen LogP contribution in [0.3, 0.4) is 0 Å². The number of nitrogens with one attached hydrogen (secondary N) is 1. The number of sulfonamides is 1. The maximum atomic E-state index is 12.3. The quantitative estimate of drug-likeness (QED) is 0.212. The lowest BCUT2D eigenvalue weighted by atomic mass is 10.2. The molecule has 0 aromatic heterocycles. The van der Waals surface area contributed by atoms with Crippen LogP contribution < -0.4 is 15.2 Å². The number of benzene rings is 2. The molecule has 0 atom stereocenters. The zero-order valence-corrected chi connectivity index (χ0v) is 15.5. The third-order valence-corrected chi connectivity index (χ3v) is 5.02. The number of ether oxygens (including phenoxy) is 1. The highest BCUT2D eigenvalue weighted by Gasteiger charge is 2.13. The van der Waals surface area contributed by atoms with Gasteiger partial charge in [0.2, 0.25) is 10.0 Å². The van der Waals surface area contributed by atoms with Crippen molar-refractivity contribution in [3.8, 4) is 5.75 Å². The molecule has 0 saturated carbocycles. The fraction of sp³-hybridized carbons (Fsp3) is 0.158. The highest BCUT2D eigenvalue weighted by molar-refractivity contribution is 7.89. The van der Waals surface area contributed by atoms with E-state index in [9.17, 15) is 13.2 Å². The lowest BCUT2D eigenvalue weighted by Gasteiger charge is -2.09. The Balaban J connectivity index is 1.88. The molecule has 0 spiro atoms. The monoisotopic (exact) mass is 387 g/mol. The van der Waals surface area contributed by atoms with Crippen molar-refractivity contribution in [2.75, 3.05) is 13.1 Å². The molecule has 27 heavy (non-hydrogen) atoms. The Labute approximate surface area is 158 Å². The maximum absolute atomic E-state index is 12.3. The van der Waals surface area contributed by atoms with E-state index in [4.69, 9.17) is 10.5 Å². The van der Waals surface area contributed by atoms with E-state index in [0.717, 1.165) is 5.56 Å². The van der Waals surface area contributed by atoms with Gasteiger partial charge in [0.15, 0.2) is 6.29 Å². The van der Waals surface area contributed by atoms with Crippen LogP contribution in [0.4, 0.5) is 0 Å². The highest BCUT2D eigenvalue weighted by Crippen LogP contribution is 2.17. The predicted molar refractivity (Wildman–Crippen MR) is 104 cm³/mol. The van der Waals surface area contributed by atoms with Crippen LogP contribution in [-0.4, -0.2) is 33.6 Å². The first kappa shape index (κ1) is 20.3. The summed E-state index contributed by atoms with van der Waals surface area (Å²) >= 11 is 0. The largest absolute Gasteiger partial charge is 0.489 e. The summed E-state index contributed by atoms with van der Waals surface area (Å²) in [5.74, 6) is 0.562. The third kappa shape index (κ3) is 6.36. The van der Waals surface area contributed by atoms with Crippen LogP contribution in [0, 0.1) is 0 Å². The first-order valence-electron chi connectivity index (χ1n) is 8.13. The van der Waals surface area contributed by atoms with Crippen molar-refractivity contribution in [3.63, 3.8) is 0 Å². The van der Waals surface area contributed by atoms with Gasteiger partial charge in [0, 0.05) is 12.1 Å². The average Bonchev–Trinajstić information content (AvgIpc) is 2.70. The number of rotatable bonds is 10. The molecule has 0 aliphatic carbocycles. The van der Waals surface area contributed by atoms with Gasteiger partial charge in [-0.1, -0.05) is 36.9 Å². The standard InChI is InChI=1S/C19H21N3O4S/c1-15(13-23)19(20)21-11-12-22-27(24,25)18-9-7-17(8-10-18)26-14-16-5-3-2-4-6-16/h2-10,13,22H,1,11-12,14H2,(H2,20,21). The lowest BCUT2D eigenvalue weighted by Crippen LogP contribution is -2.27. The molecule has 0 amide bonds. The summed E-state index contributed by atoms with van der Waals surface area (Å²) in [4.78, 5) is 14.5. The predicted octanol–water partition coefficient (Wildman–Crippen LogP) is 1.66. The second-order valence-corrected chi connectivity index (χ2v) is 7.32. The van der Waals surface area contributed by atoms with E-state index in [2.05, 4.69) is 16.3 Å². The van der Waals surface area contributed by atoms with E-state index in [1.807, 2.05) is 30.3 Å². The van der Waals surface area contributed by atoms with E-state index >= 15 is 0 Å². The molecule has 142 valence electrons. The van der Waals surface area contributed by atoms with Gasteiger partial charge in [0.25, 0.3) is 0 Å². The van der Waals surface area contributed by atoms with E-state index < -0.39 is 10.0 Å². The first-order chi connectivity index (χ1) is 12.9. The van der Waals surface area contributed by atoms with Crippen LogP contribution in [0.2, 0.25) is 0 Å². The first-order valence-corrected chi connectivity index (χ1v) is 9.61. The van der Waals surface area contributed by atoms with E-state index in [-0.39, 0.29) is 29.4 Å². The molecule has 2 rings (SSSR count). The topological polar surface area (TPSA) is 111 Å². The van der Waals surface area contributed by atoms with Gasteiger partial charge in [-0.2, -0.15) is 0 Å². The van der Waals surface area contributed by atoms with Crippen LogP contribution in [0.5, 0.6) is 5.75 Å². The zero-order chi connectivity index (χ0) is 19.7. The second-order valence-electron chi connectivity index (χ2n) is 5.55. The Bertz CT molecular complexity index is 908. The van der Waals surface area contributed by atoms with E-state index in [0.29, 0.717) is 18.6 Å². The van der Waals surface area contributed by atoms with Crippen molar-refractivity contribution in [1.82, 2.24) is 4.72 Å². The molecule has 2 aromatic rings. The van der Waals surface area contributed by atoms with Crippen molar-refractivity contribution in [3.05, 3.63) is 72.3 Å². The number of amidine groups is 1. The van der Waals surface area contributed by atoms with Gasteiger partial charge >= 0.3 is 0 Å². The molecule has 8 heteroatoms. The number of aliphatic imine (C=N–C) groups is 1. The molecule has 0 fully saturated rings. The molecule has 0 saturated heterocycles. The molecule has 0 heterocycles. The fourth-order valence-electron chi connectivity index (χ4n) is 2.06. The maximum Gasteiger partial charge on any atom is 0.240 e. The summed E-state index contributed by atoms with van der Waals surface area (Å²) in [6.07, 6.45) is 0.491. The van der Waals surface area contributed by atoms with Crippen molar-refractivity contribution in [1.29, 1.82) is 0 Å². The summed E-state index contributed by atoms with van der Waals surface area (Å²) in [5.41, 5.74) is 6.58. The molecule has 0 bridgehead atoms. The summed E-state index contributed by atoms with van der Waals surface area (Å²) in [7, 11) is -3.68. The van der Waals surface area contributed by atoms with Crippen LogP contribution in [-0.2, 0) is 21.4 Å². The van der Waals surface area contributed by atoms with Gasteiger partial charge in [-0.3, -0.25) is 9.79 Å². The van der Waals surface area contributed by atoms with Crippen molar-refractivity contribution in [2.45, 2.75) is 11.5 Å². The lowest BCUT2D eigenvalue weighted by molar-refractivity contribution is -0.104. The molecule has 0 aliphatic heterocycles. The zero-order valence-electron chi connectivity index (χ0n) is 14.7. The van der Waals surface area contributed by atoms with Crippen LogP contribution >= 0.6 is 0 Å². The SMILES string of the molecule is C=C(C=O)C(N)=NCCNS(=O)(=O)c1ccc(OCc2ccccc2)cc1. The fourth-order valence-corrected chi connectivity index (χ4v) is 3.08. The Hall–Kier alpha value is -2.97. The third-order valence-electron chi connectivity index (χ3n) is 3.54. The summed E-state index contributed by atoms with van der Waals surface area (Å²) < 4.78 is 32.6. The molecular formula is C19H21N3O4S. The van der Waals surface area contributed by atoms with Gasteiger partial charge in [-0.05, 0) is 29.8 Å². The van der Waals surface area contributed by atoms with Crippen molar-refractivity contribution >= 4 is 22.1 Å². The van der Waals surface area contributed by atoms with Gasteiger partial charge in [0.1, 0.15) is 18.2 Å². The summed E-state index contributed by atoms with van der Waals surface area (Å²) in [6.45, 7) is 3.95. The molecule has 0 aliphatic rings. The number of nitrogens with zero attached hydrogens (tertiary/aromatic N) is 1. The number of carbonyl (C=O) groups is 1. The minimum absolute atomic E-state index is 0.0101. The van der Waals surface area contributed by atoms with Crippen molar-refractivity contribution < 1.29 is 17.9 Å². The Kier molecular flexibility index (Phi) is 7.27. The van der Waals surface area contributed by atoms with Gasteiger partial charge in [-0.15, -0.1) is 0 Å². The Morgan fingerprint density at radius 2 is 1.81 bits per heavy atom. The van der Waals surface area contributed by atoms with Crippen LogP contribution in [0.25, 0.3) is 0 Å². The number of aldehydes is 1. The van der Waals surface area contributed by atoms with Crippen LogP contribution in [0.1, 0.15) is 5.56 Å². The van der Waals surface area contributed by atoms with Gasteiger partial charge in [0.05, 0.1) is 11.4 Å². The normalized spacial score (nSPS) is 11.8. The Morgan fingerprint density at radius 3 is 2.44 bits per heavy atom. The summed E-state index contributed by atoms with van der Waals surface area (Å²) in [5, 5.41) is 0. The minimum atomic E-state index is -3.68. The number of nitrogens with two attached hydrogens (primary N) is 1. The van der Waals surface area contributed by atoms with Gasteiger partial charge in [-0.25, -0.2) is 13.1 Å². The minimum Gasteiger partial charge on any atom is -0.489 e. The average molecular weight is 387 g/mol. The smallest absolute Gasteiger partial charge is 0.240 e. The van der Waals surface area contributed by atoms with E-state index in [1.54, 1.807) is 12.1 Å². The van der Waals surface area contributed by atoms with Gasteiger partial charge < -0.3 is 10.5 Å². The number of hydrogen-bond acceptors (Lipinski definition) is 5. The molecule has 2 aromatic carbocycles. The highest BCUT2D eigenvalue weighted by atomic mass is 32.2. The molecule has 3 N–H and O–H groups in total. The molecule has 0 radical (unpaired) electrons.